The number of aromatic nitrogens is 1. The average Bonchev–Trinajstić information content (AvgIpc) is 3.58. The van der Waals surface area contributed by atoms with Crippen molar-refractivity contribution >= 4 is 35.0 Å². The highest BCUT2D eigenvalue weighted by Crippen LogP contribution is 2.56. The zero-order chi connectivity index (χ0) is 25.1. The fourth-order valence-corrected chi connectivity index (χ4v) is 8.55. The molecule has 4 aliphatic rings. The van der Waals surface area contributed by atoms with Crippen LogP contribution in [-0.4, -0.2) is 28.7 Å². The van der Waals surface area contributed by atoms with Gasteiger partial charge in [0.1, 0.15) is 0 Å². The number of benzene rings is 2. The molecular weight excluding hydrogens is 492 g/mol. The van der Waals surface area contributed by atoms with E-state index in [2.05, 4.69) is 40.7 Å². The monoisotopic (exact) mass is 532 g/mol. The summed E-state index contributed by atoms with van der Waals surface area (Å²) in [4.78, 5) is 14.6. The van der Waals surface area contributed by atoms with Gasteiger partial charge < -0.3 is 14.6 Å². The number of hydrogen-bond acceptors (Lipinski definition) is 2. The van der Waals surface area contributed by atoms with Gasteiger partial charge in [0.25, 0.3) is 0 Å². The Morgan fingerprint density at radius 2 is 1.79 bits per heavy atom. The number of fused-ring (bicyclic) bond motifs is 7. The second-order valence-corrected chi connectivity index (χ2v) is 12.7. The van der Waals surface area contributed by atoms with E-state index in [9.17, 15) is 9.90 Å². The van der Waals surface area contributed by atoms with Crippen molar-refractivity contribution in [1.29, 1.82) is 0 Å². The third-order valence-corrected chi connectivity index (χ3v) is 10.5. The number of carboxylic acid groups (broad SMARTS) is 1. The molecule has 2 bridgehead atoms. The van der Waals surface area contributed by atoms with E-state index in [1.807, 2.05) is 12.1 Å². The molecule has 3 fully saturated rings. The third kappa shape index (κ3) is 4.24. The van der Waals surface area contributed by atoms with Crippen LogP contribution in [0.5, 0.6) is 0 Å². The van der Waals surface area contributed by atoms with Crippen molar-refractivity contribution < 1.29 is 9.90 Å². The van der Waals surface area contributed by atoms with Crippen LogP contribution in [0.15, 0.2) is 36.4 Å². The van der Waals surface area contributed by atoms with E-state index in [0.717, 1.165) is 31.1 Å². The Kier molecular flexibility index (Phi) is 6.74. The maximum absolute atomic E-state index is 11.9. The van der Waals surface area contributed by atoms with Gasteiger partial charge in [0.05, 0.1) is 11.3 Å². The summed E-state index contributed by atoms with van der Waals surface area (Å²) in [6.45, 7) is 5.24. The van der Waals surface area contributed by atoms with Crippen molar-refractivity contribution in [1.82, 2.24) is 4.57 Å². The van der Waals surface area contributed by atoms with Gasteiger partial charge in [-0.3, -0.25) is 0 Å². The largest absolute Gasteiger partial charge is 0.478 e. The Morgan fingerprint density at radius 3 is 2.50 bits per heavy atom. The summed E-state index contributed by atoms with van der Waals surface area (Å²) in [5.74, 6) is 0.706. The smallest absolute Gasteiger partial charge is 0.335 e. The SMILES string of the molecule is Cc1ccc2c(c1)N(CCC13CCC(CC1)C3)CCn1c-2c(C2CCCCC2)c2ccc(C(=O)O)cc21.Cl. The number of anilines is 1. The Hall–Kier alpha value is -2.46. The number of nitrogens with zero attached hydrogens (tertiary/aromatic N) is 2. The van der Waals surface area contributed by atoms with Crippen molar-refractivity contribution in [3.05, 3.63) is 53.1 Å². The Bertz CT molecular complexity index is 1360. The van der Waals surface area contributed by atoms with Gasteiger partial charge in [-0.05, 0) is 105 Å². The van der Waals surface area contributed by atoms with Gasteiger partial charge in [-0.2, -0.15) is 0 Å². The molecule has 0 radical (unpaired) electrons. The zero-order valence-electron chi connectivity index (χ0n) is 22.7. The summed E-state index contributed by atoms with van der Waals surface area (Å²) in [7, 11) is 0. The van der Waals surface area contributed by atoms with E-state index in [1.165, 1.54) is 104 Å². The molecule has 202 valence electrons. The number of carbonyl (C=O) groups is 1. The number of rotatable bonds is 5. The molecular formula is C33H41ClN2O2. The fraction of sp³-hybridized carbons (Fsp3) is 0.545. The molecule has 3 aromatic rings. The van der Waals surface area contributed by atoms with Crippen LogP contribution in [0, 0.1) is 18.3 Å². The minimum atomic E-state index is -0.839. The van der Waals surface area contributed by atoms with Crippen molar-refractivity contribution in [3.63, 3.8) is 0 Å². The quantitative estimate of drug-likeness (QED) is 0.358. The molecule has 0 amide bonds. The van der Waals surface area contributed by atoms with E-state index < -0.39 is 5.97 Å². The van der Waals surface area contributed by atoms with Crippen LogP contribution in [0.2, 0.25) is 0 Å². The summed E-state index contributed by atoms with van der Waals surface area (Å²) in [5.41, 5.74) is 8.99. The summed E-state index contributed by atoms with van der Waals surface area (Å²) < 4.78 is 2.49. The first kappa shape index (κ1) is 25.8. The van der Waals surface area contributed by atoms with E-state index in [-0.39, 0.29) is 12.4 Å². The first-order chi connectivity index (χ1) is 18.0. The lowest BCUT2D eigenvalue weighted by Crippen LogP contribution is -2.31. The lowest BCUT2D eigenvalue weighted by molar-refractivity contribution is 0.0697. The molecule has 0 saturated heterocycles. The number of hydrogen-bond donors (Lipinski definition) is 1. The highest BCUT2D eigenvalue weighted by atomic mass is 35.5. The molecule has 5 heteroatoms. The summed E-state index contributed by atoms with van der Waals surface area (Å²) in [5, 5.41) is 11.1. The highest BCUT2D eigenvalue weighted by Gasteiger charge is 2.44. The van der Waals surface area contributed by atoms with Crippen molar-refractivity contribution in [3.8, 4) is 11.3 Å². The van der Waals surface area contributed by atoms with Gasteiger partial charge in [0.2, 0.25) is 0 Å². The minimum Gasteiger partial charge on any atom is -0.478 e. The Morgan fingerprint density at radius 1 is 1.00 bits per heavy atom. The molecule has 0 spiro atoms. The minimum absolute atomic E-state index is 0. The normalized spacial score (nSPS) is 24.7. The van der Waals surface area contributed by atoms with E-state index in [0.29, 0.717) is 16.9 Å². The van der Waals surface area contributed by atoms with Crippen LogP contribution < -0.4 is 4.90 Å². The second kappa shape index (κ2) is 9.93. The van der Waals surface area contributed by atoms with Gasteiger partial charge >= 0.3 is 5.97 Å². The number of halogens is 1. The van der Waals surface area contributed by atoms with Crippen LogP contribution in [-0.2, 0) is 6.54 Å². The van der Waals surface area contributed by atoms with Crippen LogP contribution in [0.3, 0.4) is 0 Å². The van der Waals surface area contributed by atoms with Gasteiger partial charge in [-0.1, -0.05) is 37.5 Å². The molecule has 7 rings (SSSR count). The molecule has 1 aliphatic heterocycles. The molecule has 0 atom stereocenters. The molecule has 3 saturated carbocycles. The predicted octanol–water partition coefficient (Wildman–Crippen LogP) is 8.57. The number of aryl methyl sites for hydroxylation is 1. The number of carboxylic acids is 1. The molecule has 38 heavy (non-hydrogen) atoms. The molecule has 0 unspecified atom stereocenters. The molecule has 4 nitrogen and oxygen atoms in total. The summed E-state index contributed by atoms with van der Waals surface area (Å²) in [6.07, 6.45) is 14.9. The lowest BCUT2D eigenvalue weighted by atomic mass is 9.81. The highest BCUT2D eigenvalue weighted by molar-refractivity contribution is 5.99. The van der Waals surface area contributed by atoms with Gasteiger partial charge in [-0.15, -0.1) is 12.4 Å². The third-order valence-electron chi connectivity index (χ3n) is 10.5. The first-order valence-corrected chi connectivity index (χ1v) is 14.8. The van der Waals surface area contributed by atoms with E-state index in [4.69, 9.17) is 0 Å². The molecule has 1 N–H and O–H groups in total. The van der Waals surface area contributed by atoms with Crippen LogP contribution >= 0.6 is 12.4 Å². The average molecular weight is 533 g/mol. The van der Waals surface area contributed by atoms with Crippen LogP contribution in [0.1, 0.15) is 98.0 Å². The van der Waals surface area contributed by atoms with Gasteiger partial charge in [0, 0.05) is 41.8 Å². The Balaban J connectivity index is 0.00000264. The second-order valence-electron chi connectivity index (χ2n) is 12.7. The fourth-order valence-electron chi connectivity index (χ4n) is 8.55. The zero-order valence-corrected chi connectivity index (χ0v) is 23.5. The molecule has 2 aromatic carbocycles. The first-order valence-electron chi connectivity index (χ1n) is 14.8. The predicted molar refractivity (Wildman–Crippen MR) is 158 cm³/mol. The van der Waals surface area contributed by atoms with Gasteiger partial charge in [0.15, 0.2) is 0 Å². The number of aromatic carboxylic acids is 1. The standard InChI is InChI=1S/C33H40N2O2.ClH/c1-22-7-9-27-28(19-22)34(16-15-33-13-11-23(21-33)12-14-33)17-18-35-29-20-25(32(36)37)8-10-26(29)30(31(27)35)24-5-3-2-4-6-24;/h7-10,19-20,23-24H,2-6,11-18,21H2,1H3,(H,36,37);1H. The van der Waals surface area contributed by atoms with E-state index >= 15 is 0 Å². The maximum Gasteiger partial charge on any atom is 0.335 e. The summed E-state index contributed by atoms with van der Waals surface area (Å²) in [6, 6.07) is 12.9. The topological polar surface area (TPSA) is 45.5 Å². The van der Waals surface area contributed by atoms with Gasteiger partial charge in [-0.25, -0.2) is 4.79 Å². The molecule has 2 heterocycles. The van der Waals surface area contributed by atoms with Crippen molar-refractivity contribution in [2.24, 2.45) is 11.3 Å². The van der Waals surface area contributed by atoms with Crippen LogP contribution in [0.4, 0.5) is 5.69 Å². The maximum atomic E-state index is 11.9. The van der Waals surface area contributed by atoms with E-state index in [1.54, 1.807) is 0 Å². The van der Waals surface area contributed by atoms with Crippen LogP contribution in [0.25, 0.3) is 22.2 Å². The van der Waals surface area contributed by atoms with Crippen molar-refractivity contribution in [2.75, 3.05) is 18.0 Å². The summed E-state index contributed by atoms with van der Waals surface area (Å²) >= 11 is 0. The molecule has 3 aliphatic carbocycles. The Labute approximate surface area is 232 Å². The lowest BCUT2D eigenvalue weighted by Gasteiger charge is -2.32. The molecule has 1 aromatic heterocycles. The van der Waals surface area contributed by atoms with Crippen molar-refractivity contribution in [2.45, 2.75) is 90.0 Å².